The van der Waals surface area contributed by atoms with Crippen molar-refractivity contribution in [3.63, 3.8) is 0 Å². The number of carbonyl (C=O) groups is 3. The first-order valence-corrected chi connectivity index (χ1v) is 8.96. The maximum Gasteiger partial charge on any atom is 0.249 e. The van der Waals surface area contributed by atoms with Crippen LogP contribution < -0.4 is 0 Å². The van der Waals surface area contributed by atoms with Crippen molar-refractivity contribution >= 4 is 17.5 Å². The maximum atomic E-state index is 12.9. The number of likely N-dealkylation sites (N-methyl/N-ethyl adjacent to an activating group) is 1. The van der Waals surface area contributed by atoms with Crippen molar-refractivity contribution in [2.24, 2.45) is 0 Å². The molecule has 0 radical (unpaired) electrons. The van der Waals surface area contributed by atoms with E-state index in [1.807, 2.05) is 20.8 Å². The molecule has 0 saturated carbocycles. The summed E-state index contributed by atoms with van der Waals surface area (Å²) >= 11 is 0. The van der Waals surface area contributed by atoms with Gasteiger partial charge in [-0.1, -0.05) is 37.6 Å². The second-order valence-corrected chi connectivity index (χ2v) is 6.05. The van der Waals surface area contributed by atoms with Crippen LogP contribution in [0.4, 0.5) is 0 Å². The second kappa shape index (κ2) is 8.61. The number of ketones is 2. The minimum Gasteiger partial charge on any atom is -0.492 e. The molecule has 0 saturated heterocycles. The van der Waals surface area contributed by atoms with Crippen LogP contribution in [0.1, 0.15) is 54.3 Å². The Hall–Kier alpha value is -2.69. The van der Waals surface area contributed by atoms with Gasteiger partial charge in [0.25, 0.3) is 0 Å². The topological polar surface area (TPSA) is 63.7 Å². The van der Waals surface area contributed by atoms with Gasteiger partial charge in [-0.2, -0.15) is 0 Å². The SMILES string of the molecule is CCC/C(=C\C1=C(OC)C(=O)c2ccccc2C1=O)C(=O)N(CC)CC. The molecule has 0 heterocycles. The van der Waals surface area contributed by atoms with Crippen LogP contribution in [0.25, 0.3) is 0 Å². The molecule has 0 atom stereocenters. The fourth-order valence-corrected chi connectivity index (χ4v) is 3.10. The third kappa shape index (κ3) is 3.62. The van der Waals surface area contributed by atoms with Crippen LogP contribution in [0.15, 0.2) is 47.2 Å². The van der Waals surface area contributed by atoms with Crippen molar-refractivity contribution in [1.29, 1.82) is 0 Å². The van der Waals surface area contributed by atoms with E-state index < -0.39 is 0 Å². The van der Waals surface area contributed by atoms with E-state index in [-0.39, 0.29) is 28.8 Å². The van der Waals surface area contributed by atoms with E-state index in [9.17, 15) is 14.4 Å². The molecule has 0 aromatic heterocycles. The smallest absolute Gasteiger partial charge is 0.249 e. The first kappa shape index (κ1) is 19.6. The molecule has 1 aromatic rings. The zero-order valence-corrected chi connectivity index (χ0v) is 15.8. The fraction of sp³-hybridized carbons (Fsp3) is 0.381. The minimum absolute atomic E-state index is 0.00495. The molecular weight excluding hydrogens is 330 g/mol. The average Bonchev–Trinajstić information content (AvgIpc) is 2.66. The van der Waals surface area contributed by atoms with Gasteiger partial charge in [0.05, 0.1) is 12.7 Å². The summed E-state index contributed by atoms with van der Waals surface area (Å²) in [6, 6.07) is 6.67. The number of rotatable bonds is 7. The zero-order valence-electron chi connectivity index (χ0n) is 15.8. The van der Waals surface area contributed by atoms with Gasteiger partial charge in [-0.15, -0.1) is 0 Å². The van der Waals surface area contributed by atoms with Crippen molar-refractivity contribution in [3.8, 4) is 0 Å². The van der Waals surface area contributed by atoms with Gasteiger partial charge in [0.1, 0.15) is 0 Å². The highest BCUT2D eigenvalue weighted by atomic mass is 16.5. The van der Waals surface area contributed by atoms with Crippen molar-refractivity contribution in [2.75, 3.05) is 20.2 Å². The lowest BCUT2D eigenvalue weighted by atomic mass is 9.87. The third-order valence-corrected chi connectivity index (χ3v) is 4.48. The third-order valence-electron chi connectivity index (χ3n) is 4.48. The summed E-state index contributed by atoms with van der Waals surface area (Å²) in [5.41, 5.74) is 1.34. The van der Waals surface area contributed by atoms with Gasteiger partial charge >= 0.3 is 0 Å². The highest BCUT2D eigenvalue weighted by Gasteiger charge is 2.32. The molecule has 5 nitrogen and oxygen atoms in total. The van der Waals surface area contributed by atoms with Crippen LogP contribution in [-0.4, -0.2) is 42.6 Å². The lowest BCUT2D eigenvalue weighted by Gasteiger charge is -2.22. The number of ether oxygens (including phenoxy) is 1. The van der Waals surface area contributed by atoms with Crippen LogP contribution in [0.5, 0.6) is 0 Å². The Morgan fingerprint density at radius 1 is 1.04 bits per heavy atom. The maximum absolute atomic E-state index is 12.9. The molecule has 26 heavy (non-hydrogen) atoms. The van der Waals surface area contributed by atoms with Crippen LogP contribution in [0, 0.1) is 0 Å². The molecule has 0 N–H and O–H groups in total. The Morgan fingerprint density at radius 3 is 2.12 bits per heavy atom. The van der Waals surface area contributed by atoms with Crippen molar-refractivity contribution < 1.29 is 19.1 Å². The lowest BCUT2D eigenvalue weighted by Crippen LogP contribution is -2.32. The number of amides is 1. The molecule has 1 aliphatic rings. The summed E-state index contributed by atoms with van der Waals surface area (Å²) in [5, 5.41) is 0. The molecule has 0 unspecified atom stereocenters. The molecule has 1 amide bonds. The Morgan fingerprint density at radius 2 is 1.62 bits per heavy atom. The van der Waals surface area contributed by atoms with E-state index in [4.69, 9.17) is 4.74 Å². The molecule has 2 rings (SSSR count). The molecular formula is C21H25NO4. The van der Waals surface area contributed by atoms with Crippen molar-refractivity contribution in [2.45, 2.75) is 33.6 Å². The normalized spacial score (nSPS) is 14.4. The molecule has 0 fully saturated rings. The summed E-state index contributed by atoms with van der Waals surface area (Å²) in [5.74, 6) is -0.744. The first-order valence-electron chi connectivity index (χ1n) is 8.96. The monoisotopic (exact) mass is 355 g/mol. The number of hydrogen-bond donors (Lipinski definition) is 0. The van der Waals surface area contributed by atoms with E-state index in [0.717, 1.165) is 6.42 Å². The summed E-state index contributed by atoms with van der Waals surface area (Å²) in [7, 11) is 1.37. The average molecular weight is 355 g/mol. The van der Waals surface area contributed by atoms with E-state index in [0.29, 0.717) is 36.2 Å². The predicted molar refractivity (Wildman–Crippen MR) is 100 cm³/mol. The number of carbonyl (C=O) groups excluding carboxylic acids is 3. The highest BCUT2D eigenvalue weighted by Crippen LogP contribution is 2.29. The van der Waals surface area contributed by atoms with Gasteiger partial charge < -0.3 is 9.64 Å². The molecule has 1 aliphatic carbocycles. The van der Waals surface area contributed by atoms with Crippen molar-refractivity contribution in [3.05, 3.63) is 58.4 Å². The number of benzene rings is 1. The number of allylic oxidation sites excluding steroid dienone is 3. The molecule has 0 bridgehead atoms. The Kier molecular flexibility index (Phi) is 6.50. The molecule has 1 aromatic carbocycles. The van der Waals surface area contributed by atoms with Crippen molar-refractivity contribution in [1.82, 2.24) is 4.90 Å². The number of nitrogens with zero attached hydrogens (tertiary/aromatic N) is 1. The van der Waals surface area contributed by atoms with Gasteiger partial charge in [0, 0.05) is 29.8 Å². The quantitative estimate of drug-likeness (QED) is 0.702. The van der Waals surface area contributed by atoms with E-state index in [1.165, 1.54) is 7.11 Å². The summed E-state index contributed by atoms with van der Waals surface area (Å²) in [6.45, 7) is 6.97. The summed E-state index contributed by atoms with van der Waals surface area (Å²) in [6.07, 6.45) is 2.82. The number of methoxy groups -OCH3 is 1. The van der Waals surface area contributed by atoms with Gasteiger partial charge in [-0.05, 0) is 26.3 Å². The zero-order chi connectivity index (χ0) is 19.3. The van der Waals surface area contributed by atoms with Gasteiger partial charge in [0.15, 0.2) is 11.5 Å². The van der Waals surface area contributed by atoms with Crippen LogP contribution >= 0.6 is 0 Å². The van der Waals surface area contributed by atoms with Crippen LogP contribution in [0.3, 0.4) is 0 Å². The first-order chi connectivity index (χ1) is 12.5. The highest BCUT2D eigenvalue weighted by molar-refractivity contribution is 6.27. The van der Waals surface area contributed by atoms with E-state index in [2.05, 4.69) is 0 Å². The largest absolute Gasteiger partial charge is 0.492 e. The van der Waals surface area contributed by atoms with Crippen LogP contribution in [0.2, 0.25) is 0 Å². The Balaban J connectivity index is 2.58. The Labute approximate surface area is 154 Å². The summed E-state index contributed by atoms with van der Waals surface area (Å²) < 4.78 is 5.25. The molecule has 0 spiro atoms. The second-order valence-electron chi connectivity index (χ2n) is 6.05. The molecule has 5 heteroatoms. The van der Waals surface area contributed by atoms with Crippen LogP contribution in [-0.2, 0) is 9.53 Å². The standard InChI is InChI=1S/C21H25NO4/c1-5-10-14(21(25)22(6-2)7-3)13-17-18(23)15-11-8-9-12-16(15)19(24)20(17)26-4/h8-9,11-13H,5-7,10H2,1-4H3/b14-13+. The number of hydrogen-bond acceptors (Lipinski definition) is 4. The summed E-state index contributed by atoms with van der Waals surface area (Å²) in [4.78, 5) is 40.1. The fourth-order valence-electron chi connectivity index (χ4n) is 3.10. The number of Topliss-reactive ketones (excluding diaryl/α,β-unsaturated/α-hetero) is 2. The Bertz CT molecular complexity index is 785. The molecule has 0 aliphatic heterocycles. The van der Waals surface area contributed by atoms with E-state index >= 15 is 0 Å². The number of fused-ring (bicyclic) bond motifs is 1. The predicted octanol–water partition coefficient (Wildman–Crippen LogP) is 3.56. The van der Waals surface area contributed by atoms with Gasteiger partial charge in [0.2, 0.25) is 11.7 Å². The van der Waals surface area contributed by atoms with Gasteiger partial charge in [-0.3, -0.25) is 14.4 Å². The van der Waals surface area contributed by atoms with E-state index in [1.54, 1.807) is 35.2 Å². The van der Waals surface area contributed by atoms with Gasteiger partial charge in [-0.25, -0.2) is 0 Å². The molecule has 138 valence electrons. The lowest BCUT2D eigenvalue weighted by molar-refractivity contribution is -0.126. The minimum atomic E-state index is -0.333.